The van der Waals surface area contributed by atoms with Crippen LogP contribution in [0.3, 0.4) is 0 Å². The summed E-state index contributed by atoms with van der Waals surface area (Å²) in [5.74, 6) is -0.945. The zero-order valence-corrected chi connectivity index (χ0v) is 15.9. The number of ether oxygens (including phenoxy) is 3. The van der Waals surface area contributed by atoms with Crippen molar-refractivity contribution in [3.05, 3.63) is 59.7 Å². The fourth-order valence-corrected chi connectivity index (χ4v) is 2.35. The smallest absolute Gasteiger partial charge is 0.340 e. The van der Waals surface area contributed by atoms with Crippen LogP contribution < -0.4 is 10.1 Å². The molecule has 1 amide bonds. The molecule has 0 radical (unpaired) electrons. The SMILES string of the molecule is CCOC(=O)c1ccccc1NC(=O)COC(=O)CCOc1ccccc1C. The summed E-state index contributed by atoms with van der Waals surface area (Å²) >= 11 is 0. The highest BCUT2D eigenvalue weighted by atomic mass is 16.5. The van der Waals surface area contributed by atoms with E-state index in [9.17, 15) is 14.4 Å². The Balaban J connectivity index is 1.77. The quantitative estimate of drug-likeness (QED) is 0.667. The van der Waals surface area contributed by atoms with Gasteiger partial charge in [-0.2, -0.15) is 0 Å². The van der Waals surface area contributed by atoms with Crippen LogP contribution in [0, 0.1) is 6.92 Å². The van der Waals surface area contributed by atoms with Crippen molar-refractivity contribution < 1.29 is 28.6 Å². The first kappa shape index (κ1) is 21.0. The van der Waals surface area contributed by atoms with E-state index in [0.29, 0.717) is 11.4 Å². The molecular formula is C21H23NO6. The summed E-state index contributed by atoms with van der Waals surface area (Å²) < 4.78 is 15.4. The molecule has 0 spiro atoms. The number of amides is 1. The van der Waals surface area contributed by atoms with E-state index in [4.69, 9.17) is 14.2 Å². The third-order valence-corrected chi connectivity index (χ3v) is 3.72. The molecule has 0 atom stereocenters. The Kier molecular flexibility index (Phi) is 8.02. The summed E-state index contributed by atoms with van der Waals surface area (Å²) in [5, 5.41) is 2.55. The van der Waals surface area contributed by atoms with Crippen molar-refractivity contribution in [2.75, 3.05) is 25.1 Å². The first-order chi connectivity index (χ1) is 13.5. The minimum Gasteiger partial charge on any atom is -0.493 e. The summed E-state index contributed by atoms with van der Waals surface area (Å²) in [5.41, 5.74) is 1.50. The van der Waals surface area contributed by atoms with Gasteiger partial charge in [-0.1, -0.05) is 30.3 Å². The third kappa shape index (κ3) is 6.42. The topological polar surface area (TPSA) is 90.9 Å². The lowest BCUT2D eigenvalue weighted by atomic mass is 10.2. The molecule has 0 aliphatic rings. The summed E-state index contributed by atoms with van der Waals surface area (Å²) in [6, 6.07) is 13.9. The van der Waals surface area contributed by atoms with Gasteiger partial charge in [0, 0.05) is 0 Å². The fraction of sp³-hybridized carbons (Fsp3) is 0.286. The van der Waals surface area contributed by atoms with Gasteiger partial charge in [0.05, 0.1) is 30.9 Å². The number of hydrogen-bond donors (Lipinski definition) is 1. The number of nitrogens with one attached hydrogen (secondary N) is 1. The van der Waals surface area contributed by atoms with Gasteiger partial charge >= 0.3 is 11.9 Å². The lowest BCUT2D eigenvalue weighted by Gasteiger charge is -2.11. The van der Waals surface area contributed by atoms with Crippen LogP contribution in [-0.4, -0.2) is 37.7 Å². The van der Waals surface area contributed by atoms with Gasteiger partial charge in [-0.3, -0.25) is 9.59 Å². The largest absolute Gasteiger partial charge is 0.493 e. The van der Waals surface area contributed by atoms with Crippen LogP contribution in [0.25, 0.3) is 0 Å². The van der Waals surface area contributed by atoms with Crippen molar-refractivity contribution in [1.29, 1.82) is 0 Å². The molecule has 0 saturated carbocycles. The number of carbonyl (C=O) groups excluding carboxylic acids is 3. The van der Waals surface area contributed by atoms with Crippen LogP contribution in [0.2, 0.25) is 0 Å². The van der Waals surface area contributed by atoms with Gasteiger partial charge in [0.2, 0.25) is 0 Å². The van der Waals surface area contributed by atoms with Crippen LogP contribution in [-0.2, 0) is 19.1 Å². The van der Waals surface area contributed by atoms with Gasteiger partial charge in [0.1, 0.15) is 5.75 Å². The molecule has 7 heteroatoms. The van der Waals surface area contributed by atoms with Crippen molar-refractivity contribution in [2.45, 2.75) is 20.3 Å². The predicted molar refractivity (Wildman–Crippen MR) is 103 cm³/mol. The van der Waals surface area contributed by atoms with Gasteiger partial charge in [0.15, 0.2) is 6.61 Å². The number of benzene rings is 2. The van der Waals surface area contributed by atoms with Crippen LogP contribution >= 0.6 is 0 Å². The average Bonchev–Trinajstić information content (AvgIpc) is 2.68. The van der Waals surface area contributed by atoms with Crippen LogP contribution in [0.1, 0.15) is 29.3 Å². The Morgan fingerprint density at radius 3 is 2.43 bits per heavy atom. The molecule has 2 aromatic rings. The first-order valence-electron chi connectivity index (χ1n) is 8.91. The Bertz CT molecular complexity index is 833. The van der Waals surface area contributed by atoms with E-state index in [1.807, 2.05) is 31.2 Å². The van der Waals surface area contributed by atoms with Crippen molar-refractivity contribution in [3.8, 4) is 5.75 Å². The standard InChI is InChI=1S/C21H23NO6/c1-3-26-21(25)16-9-5-6-10-17(16)22-19(23)14-28-20(24)12-13-27-18-11-7-4-8-15(18)2/h4-11H,3,12-14H2,1-2H3,(H,22,23). The number of hydrogen-bond acceptors (Lipinski definition) is 6. The van der Waals surface area contributed by atoms with E-state index >= 15 is 0 Å². The van der Waals surface area contributed by atoms with Crippen molar-refractivity contribution in [1.82, 2.24) is 0 Å². The number of para-hydroxylation sites is 2. The molecule has 2 rings (SSSR count). The maximum absolute atomic E-state index is 12.0. The highest BCUT2D eigenvalue weighted by Gasteiger charge is 2.15. The highest BCUT2D eigenvalue weighted by molar-refractivity contribution is 6.01. The molecule has 0 aliphatic heterocycles. The minimum absolute atomic E-state index is 0.0149. The lowest BCUT2D eigenvalue weighted by Crippen LogP contribution is -2.23. The number of rotatable bonds is 9. The van der Waals surface area contributed by atoms with E-state index in [1.54, 1.807) is 31.2 Å². The monoisotopic (exact) mass is 385 g/mol. The summed E-state index contributed by atoms with van der Waals surface area (Å²) in [6.07, 6.45) is 0.0149. The molecule has 0 fully saturated rings. The highest BCUT2D eigenvalue weighted by Crippen LogP contribution is 2.17. The Morgan fingerprint density at radius 1 is 0.964 bits per heavy atom. The van der Waals surface area contributed by atoms with Crippen molar-refractivity contribution in [3.63, 3.8) is 0 Å². The molecule has 0 saturated heterocycles. The lowest BCUT2D eigenvalue weighted by molar-refractivity contribution is -0.147. The number of aryl methyl sites for hydroxylation is 1. The minimum atomic E-state index is -0.553. The molecule has 148 valence electrons. The summed E-state index contributed by atoms with van der Waals surface area (Å²) in [7, 11) is 0. The van der Waals surface area contributed by atoms with Crippen LogP contribution in [0.5, 0.6) is 5.75 Å². The second kappa shape index (κ2) is 10.7. The van der Waals surface area contributed by atoms with Crippen LogP contribution in [0.15, 0.2) is 48.5 Å². The molecule has 0 bridgehead atoms. The molecular weight excluding hydrogens is 362 g/mol. The normalized spacial score (nSPS) is 10.1. The Hall–Kier alpha value is -3.35. The molecule has 0 heterocycles. The second-order valence-electron chi connectivity index (χ2n) is 5.84. The number of anilines is 1. The molecule has 0 aliphatic carbocycles. The molecule has 2 aromatic carbocycles. The first-order valence-corrected chi connectivity index (χ1v) is 8.91. The fourth-order valence-electron chi connectivity index (χ4n) is 2.35. The predicted octanol–water partition coefficient (Wildman–Crippen LogP) is 3.12. The number of carbonyl (C=O) groups is 3. The van der Waals surface area contributed by atoms with E-state index in [2.05, 4.69) is 5.32 Å². The maximum atomic E-state index is 12.0. The molecule has 1 N–H and O–H groups in total. The molecule has 28 heavy (non-hydrogen) atoms. The second-order valence-corrected chi connectivity index (χ2v) is 5.84. The summed E-state index contributed by atoms with van der Waals surface area (Å²) in [4.78, 5) is 35.7. The molecule has 0 aromatic heterocycles. The van der Waals surface area contributed by atoms with Gasteiger partial charge < -0.3 is 19.5 Å². The van der Waals surface area contributed by atoms with Crippen molar-refractivity contribution in [2.24, 2.45) is 0 Å². The van der Waals surface area contributed by atoms with Gasteiger partial charge in [-0.15, -0.1) is 0 Å². The Labute approximate surface area is 163 Å². The van der Waals surface area contributed by atoms with E-state index in [-0.39, 0.29) is 25.2 Å². The van der Waals surface area contributed by atoms with Gasteiger partial charge in [-0.25, -0.2) is 4.79 Å². The average molecular weight is 385 g/mol. The van der Waals surface area contributed by atoms with E-state index < -0.39 is 24.5 Å². The van der Waals surface area contributed by atoms with Gasteiger partial charge in [-0.05, 0) is 37.6 Å². The van der Waals surface area contributed by atoms with E-state index in [0.717, 1.165) is 5.56 Å². The zero-order valence-electron chi connectivity index (χ0n) is 15.9. The zero-order chi connectivity index (χ0) is 20.4. The molecule has 0 unspecified atom stereocenters. The van der Waals surface area contributed by atoms with Crippen molar-refractivity contribution >= 4 is 23.5 Å². The van der Waals surface area contributed by atoms with Crippen LogP contribution in [0.4, 0.5) is 5.69 Å². The number of esters is 2. The maximum Gasteiger partial charge on any atom is 0.340 e. The summed E-state index contributed by atoms with van der Waals surface area (Å²) in [6.45, 7) is 3.52. The van der Waals surface area contributed by atoms with E-state index in [1.165, 1.54) is 0 Å². The third-order valence-electron chi connectivity index (χ3n) is 3.72. The van der Waals surface area contributed by atoms with Gasteiger partial charge in [0.25, 0.3) is 5.91 Å². The Morgan fingerprint density at radius 2 is 1.68 bits per heavy atom. The molecule has 7 nitrogen and oxygen atoms in total.